The molecule has 0 aromatic rings. The van der Waals surface area contributed by atoms with Crippen LogP contribution in [0.5, 0.6) is 0 Å². The molecule has 0 aliphatic heterocycles. The van der Waals surface area contributed by atoms with E-state index >= 15 is 0 Å². The van der Waals surface area contributed by atoms with Crippen LogP contribution in [0.25, 0.3) is 0 Å². The fourth-order valence-corrected chi connectivity index (χ4v) is 6.03. The Bertz CT molecular complexity index is 1030. The molecule has 0 radical (unpaired) electrons. The molecule has 0 fully saturated rings. The van der Waals surface area contributed by atoms with Gasteiger partial charge in [0.1, 0.15) is 0 Å². The normalized spacial score (nSPS) is 14.2. The standard InChI is InChI=1S/C41H71NO5S/c1-3-5-7-9-11-13-15-17-18-19-20-21-22-23-25-26-28-30-32-34-36-40(43)39(38-48(45,46)47)42-41(44)37-35-33-31-29-27-24-16-14-12-10-8-6-4-2/h6,8,12,14,24,26-28,31,33-34,36,39-40,43H,3-5,7,9-11,13,15-23,25,29-30,32,35,37-38H2,1-2H3,(H,42,44)(H,45,46,47)/b8-6-,14-12-,27-24-,28-26+,33-31-,36-34+. The second kappa shape index (κ2) is 34.6. The molecule has 3 N–H and O–H groups in total. The quantitative estimate of drug-likeness (QED) is 0.0361. The van der Waals surface area contributed by atoms with Crippen LogP contribution in [0.4, 0.5) is 0 Å². The van der Waals surface area contributed by atoms with Crippen LogP contribution in [-0.2, 0) is 14.9 Å². The number of allylic oxidation sites excluding steroid dienone is 11. The Hall–Kier alpha value is -2.22. The summed E-state index contributed by atoms with van der Waals surface area (Å²) < 4.78 is 32.4. The van der Waals surface area contributed by atoms with Gasteiger partial charge in [-0.3, -0.25) is 9.35 Å². The lowest BCUT2D eigenvalue weighted by Gasteiger charge is -2.20. The first-order valence-electron chi connectivity index (χ1n) is 19.1. The number of aliphatic hydroxyl groups is 1. The highest BCUT2D eigenvalue weighted by atomic mass is 32.2. The minimum absolute atomic E-state index is 0.163. The Kier molecular flexibility index (Phi) is 33.0. The molecule has 0 spiro atoms. The molecule has 0 aliphatic rings. The molecular formula is C41H71NO5S. The van der Waals surface area contributed by atoms with Crippen LogP contribution >= 0.6 is 0 Å². The third-order valence-corrected chi connectivity index (χ3v) is 8.91. The molecule has 0 saturated carbocycles. The van der Waals surface area contributed by atoms with Gasteiger partial charge in [0.25, 0.3) is 10.1 Å². The van der Waals surface area contributed by atoms with Gasteiger partial charge < -0.3 is 10.4 Å². The van der Waals surface area contributed by atoms with Crippen molar-refractivity contribution in [2.24, 2.45) is 0 Å². The van der Waals surface area contributed by atoms with Crippen molar-refractivity contribution >= 4 is 16.0 Å². The highest BCUT2D eigenvalue weighted by molar-refractivity contribution is 7.85. The zero-order valence-electron chi connectivity index (χ0n) is 30.6. The number of aliphatic hydroxyl groups excluding tert-OH is 1. The first-order chi connectivity index (χ1) is 23.3. The van der Waals surface area contributed by atoms with Crippen LogP contribution in [0, 0.1) is 0 Å². The van der Waals surface area contributed by atoms with E-state index < -0.39 is 28.0 Å². The Morgan fingerprint density at radius 1 is 0.583 bits per heavy atom. The summed E-state index contributed by atoms with van der Waals surface area (Å²) in [4.78, 5) is 12.4. The lowest BCUT2D eigenvalue weighted by molar-refractivity contribution is -0.122. The van der Waals surface area contributed by atoms with Gasteiger partial charge in [0.15, 0.2) is 0 Å². The van der Waals surface area contributed by atoms with Gasteiger partial charge in [-0.1, -0.05) is 170 Å². The minimum Gasteiger partial charge on any atom is -0.387 e. The fourth-order valence-electron chi connectivity index (χ4n) is 5.30. The van der Waals surface area contributed by atoms with Gasteiger partial charge in [-0.15, -0.1) is 0 Å². The van der Waals surface area contributed by atoms with Gasteiger partial charge in [0, 0.05) is 6.42 Å². The summed E-state index contributed by atoms with van der Waals surface area (Å²) in [5.41, 5.74) is 0. The Balaban J connectivity index is 4.09. The average molecular weight is 690 g/mol. The Morgan fingerprint density at radius 2 is 1.02 bits per heavy atom. The minimum atomic E-state index is -4.38. The van der Waals surface area contributed by atoms with Gasteiger partial charge in [-0.25, -0.2) is 0 Å². The zero-order valence-corrected chi connectivity index (χ0v) is 31.4. The van der Waals surface area contributed by atoms with E-state index in [9.17, 15) is 22.9 Å². The van der Waals surface area contributed by atoms with Crippen LogP contribution in [-0.4, -0.2) is 41.9 Å². The summed E-state index contributed by atoms with van der Waals surface area (Å²) in [5, 5.41) is 13.1. The summed E-state index contributed by atoms with van der Waals surface area (Å²) >= 11 is 0. The molecular weight excluding hydrogens is 619 g/mol. The van der Waals surface area contributed by atoms with Crippen LogP contribution in [0.1, 0.15) is 162 Å². The van der Waals surface area contributed by atoms with E-state index in [2.05, 4.69) is 67.8 Å². The zero-order chi connectivity index (χ0) is 35.4. The van der Waals surface area contributed by atoms with Gasteiger partial charge in [-0.05, 0) is 57.8 Å². The summed E-state index contributed by atoms with van der Waals surface area (Å²) in [5.74, 6) is -1.11. The van der Waals surface area contributed by atoms with Crippen molar-refractivity contribution in [2.45, 2.75) is 174 Å². The molecule has 0 aliphatic carbocycles. The van der Waals surface area contributed by atoms with Gasteiger partial charge in [-0.2, -0.15) is 8.42 Å². The van der Waals surface area contributed by atoms with Gasteiger partial charge >= 0.3 is 0 Å². The van der Waals surface area contributed by atoms with E-state index in [4.69, 9.17) is 0 Å². The van der Waals surface area contributed by atoms with Crippen LogP contribution < -0.4 is 5.32 Å². The number of hydrogen-bond donors (Lipinski definition) is 3. The first kappa shape index (κ1) is 45.8. The second-order valence-electron chi connectivity index (χ2n) is 12.8. The maximum absolute atomic E-state index is 12.4. The highest BCUT2D eigenvalue weighted by Crippen LogP contribution is 2.13. The number of rotatable bonds is 33. The number of hydrogen-bond acceptors (Lipinski definition) is 4. The second-order valence-corrected chi connectivity index (χ2v) is 14.3. The fraction of sp³-hybridized carbons (Fsp3) is 0.683. The molecule has 0 heterocycles. The number of carbonyl (C=O) groups excluding carboxylic acids is 1. The molecule has 0 rings (SSSR count). The van der Waals surface area contributed by atoms with Gasteiger partial charge in [0.05, 0.1) is 17.9 Å². The monoisotopic (exact) mass is 690 g/mol. The van der Waals surface area contributed by atoms with Crippen molar-refractivity contribution < 1.29 is 22.9 Å². The van der Waals surface area contributed by atoms with E-state index in [1.807, 2.05) is 12.2 Å². The van der Waals surface area contributed by atoms with Crippen LogP contribution in [0.3, 0.4) is 0 Å². The molecule has 0 aromatic carbocycles. The van der Waals surface area contributed by atoms with Crippen molar-refractivity contribution in [1.82, 2.24) is 5.32 Å². The molecule has 2 unspecified atom stereocenters. The molecule has 0 aromatic heterocycles. The maximum Gasteiger partial charge on any atom is 0.267 e. The van der Waals surface area contributed by atoms with Crippen molar-refractivity contribution in [3.63, 3.8) is 0 Å². The smallest absolute Gasteiger partial charge is 0.267 e. The van der Waals surface area contributed by atoms with Crippen molar-refractivity contribution in [3.8, 4) is 0 Å². The summed E-state index contributed by atoms with van der Waals surface area (Å²) in [7, 11) is -4.38. The van der Waals surface area contributed by atoms with E-state index in [0.29, 0.717) is 12.8 Å². The molecule has 276 valence electrons. The molecule has 2 atom stereocenters. The highest BCUT2D eigenvalue weighted by Gasteiger charge is 2.24. The number of unbranched alkanes of at least 4 members (excludes halogenated alkanes) is 15. The van der Waals surface area contributed by atoms with Crippen molar-refractivity contribution in [1.29, 1.82) is 0 Å². The van der Waals surface area contributed by atoms with Crippen LogP contribution in [0.15, 0.2) is 72.9 Å². The lowest BCUT2D eigenvalue weighted by Crippen LogP contribution is -2.46. The SMILES string of the molecule is CC/C=C\C/C=C\C/C=C\C/C=C\CCC(=O)NC(CS(=O)(=O)O)C(O)/C=C/CC/C=C/CCCCCCCCCCCCCCCC. The van der Waals surface area contributed by atoms with E-state index in [1.54, 1.807) is 6.08 Å². The number of carbonyl (C=O) groups is 1. The molecule has 7 heteroatoms. The summed E-state index contributed by atoms with van der Waals surface area (Å²) in [6.07, 6.45) is 49.1. The predicted molar refractivity (Wildman–Crippen MR) is 207 cm³/mol. The largest absolute Gasteiger partial charge is 0.387 e. The summed E-state index contributed by atoms with van der Waals surface area (Å²) in [6, 6.07) is -1.11. The topological polar surface area (TPSA) is 104 Å². The van der Waals surface area contributed by atoms with Crippen molar-refractivity contribution in [2.75, 3.05) is 5.75 Å². The molecule has 1 amide bonds. The molecule has 6 nitrogen and oxygen atoms in total. The van der Waals surface area contributed by atoms with Crippen LogP contribution in [0.2, 0.25) is 0 Å². The third kappa shape index (κ3) is 35.1. The van der Waals surface area contributed by atoms with Crippen molar-refractivity contribution in [3.05, 3.63) is 72.9 Å². The number of amides is 1. The third-order valence-electron chi connectivity index (χ3n) is 8.13. The predicted octanol–water partition coefficient (Wildman–Crippen LogP) is 11.1. The number of nitrogens with one attached hydrogen (secondary N) is 1. The summed E-state index contributed by atoms with van der Waals surface area (Å²) in [6.45, 7) is 4.39. The molecule has 0 saturated heterocycles. The average Bonchev–Trinajstić information content (AvgIpc) is 3.05. The molecule has 48 heavy (non-hydrogen) atoms. The van der Waals surface area contributed by atoms with E-state index in [1.165, 1.54) is 96.0 Å². The first-order valence-corrected chi connectivity index (χ1v) is 20.7. The van der Waals surface area contributed by atoms with E-state index in [-0.39, 0.29) is 12.3 Å². The Labute approximate surface area is 295 Å². The maximum atomic E-state index is 12.4. The Morgan fingerprint density at radius 3 is 1.54 bits per heavy atom. The van der Waals surface area contributed by atoms with Gasteiger partial charge in [0.2, 0.25) is 5.91 Å². The lowest BCUT2D eigenvalue weighted by atomic mass is 10.0. The van der Waals surface area contributed by atoms with E-state index in [0.717, 1.165) is 38.5 Å². The molecule has 0 bridgehead atoms.